The van der Waals surface area contributed by atoms with Gasteiger partial charge in [-0.2, -0.15) is 15.4 Å². The van der Waals surface area contributed by atoms with Crippen molar-refractivity contribution in [1.82, 2.24) is 30.4 Å². The van der Waals surface area contributed by atoms with E-state index in [4.69, 9.17) is 4.74 Å². The molecule has 0 saturated carbocycles. The molecule has 7 nitrogen and oxygen atoms in total. The van der Waals surface area contributed by atoms with Crippen molar-refractivity contribution in [1.29, 1.82) is 0 Å². The van der Waals surface area contributed by atoms with Crippen LogP contribution in [0.3, 0.4) is 0 Å². The lowest BCUT2D eigenvalue weighted by molar-refractivity contribution is 0.280. The predicted molar refractivity (Wildman–Crippen MR) is 111 cm³/mol. The molecule has 0 aliphatic carbocycles. The SMILES string of the molecule is Cc1nc(COc2ncccn2)sc1-c1cccc(-c2cc(F)c3n[nH]nc3c2)c1. The third-order valence-corrected chi connectivity index (χ3v) is 5.72. The number of halogens is 1. The summed E-state index contributed by atoms with van der Waals surface area (Å²) >= 11 is 1.55. The van der Waals surface area contributed by atoms with Gasteiger partial charge in [-0.3, -0.25) is 0 Å². The Morgan fingerprint density at radius 1 is 1.00 bits per heavy atom. The van der Waals surface area contributed by atoms with Crippen molar-refractivity contribution >= 4 is 22.4 Å². The summed E-state index contributed by atoms with van der Waals surface area (Å²) < 4.78 is 19.9. The number of rotatable bonds is 5. The second-order valence-electron chi connectivity index (χ2n) is 6.57. The molecular weight excluding hydrogens is 403 g/mol. The minimum atomic E-state index is -0.404. The minimum Gasteiger partial charge on any atom is -0.456 e. The first kappa shape index (κ1) is 18.3. The molecule has 0 aliphatic heterocycles. The molecule has 0 spiro atoms. The molecule has 9 heteroatoms. The number of thiazole rings is 1. The van der Waals surface area contributed by atoms with Gasteiger partial charge in [0.25, 0.3) is 0 Å². The Morgan fingerprint density at radius 2 is 1.83 bits per heavy atom. The first-order valence-corrected chi connectivity index (χ1v) is 9.96. The number of ether oxygens (including phenoxy) is 1. The topological polar surface area (TPSA) is 89.5 Å². The van der Waals surface area contributed by atoms with Crippen molar-refractivity contribution in [3.8, 4) is 27.6 Å². The first-order valence-electron chi connectivity index (χ1n) is 9.14. The molecule has 5 rings (SSSR count). The molecule has 1 N–H and O–H groups in total. The van der Waals surface area contributed by atoms with E-state index in [1.54, 1.807) is 29.8 Å². The Kier molecular flexibility index (Phi) is 4.64. The average molecular weight is 418 g/mol. The van der Waals surface area contributed by atoms with Gasteiger partial charge in [0.15, 0.2) is 5.82 Å². The molecule has 0 radical (unpaired) electrons. The van der Waals surface area contributed by atoms with Crippen LogP contribution in [-0.4, -0.2) is 30.4 Å². The number of H-pyrrole nitrogens is 1. The number of aromatic nitrogens is 6. The second-order valence-corrected chi connectivity index (χ2v) is 7.66. The van der Waals surface area contributed by atoms with Gasteiger partial charge in [-0.1, -0.05) is 18.2 Å². The average Bonchev–Trinajstić information content (AvgIpc) is 3.40. The molecule has 30 heavy (non-hydrogen) atoms. The zero-order chi connectivity index (χ0) is 20.5. The summed E-state index contributed by atoms with van der Waals surface area (Å²) in [5.74, 6) is -0.404. The van der Waals surface area contributed by atoms with Crippen LogP contribution in [0.2, 0.25) is 0 Å². The van der Waals surface area contributed by atoms with Gasteiger partial charge in [0.2, 0.25) is 0 Å². The molecule has 148 valence electrons. The lowest BCUT2D eigenvalue weighted by Gasteiger charge is -2.05. The van der Waals surface area contributed by atoms with Crippen LogP contribution in [0.15, 0.2) is 54.9 Å². The number of hydrogen-bond acceptors (Lipinski definition) is 7. The van der Waals surface area contributed by atoms with Crippen LogP contribution >= 0.6 is 11.3 Å². The molecule has 5 aromatic rings. The summed E-state index contributed by atoms with van der Waals surface area (Å²) in [5, 5.41) is 11.1. The number of nitrogens with zero attached hydrogens (tertiary/aromatic N) is 5. The zero-order valence-electron chi connectivity index (χ0n) is 15.8. The van der Waals surface area contributed by atoms with Crippen LogP contribution in [0, 0.1) is 12.7 Å². The van der Waals surface area contributed by atoms with Gasteiger partial charge in [0.05, 0.1) is 10.6 Å². The van der Waals surface area contributed by atoms with Crippen molar-refractivity contribution in [2.45, 2.75) is 13.5 Å². The van der Waals surface area contributed by atoms with E-state index >= 15 is 0 Å². The van der Waals surface area contributed by atoms with Crippen molar-refractivity contribution in [2.75, 3.05) is 0 Å². The fraction of sp³-hybridized carbons (Fsp3) is 0.0952. The molecule has 3 aromatic heterocycles. The Bertz CT molecular complexity index is 1330. The lowest BCUT2D eigenvalue weighted by Crippen LogP contribution is -1.98. The zero-order valence-corrected chi connectivity index (χ0v) is 16.7. The molecule has 0 fully saturated rings. The van der Waals surface area contributed by atoms with Gasteiger partial charge < -0.3 is 4.74 Å². The Morgan fingerprint density at radius 3 is 2.70 bits per heavy atom. The van der Waals surface area contributed by atoms with Gasteiger partial charge in [0, 0.05) is 12.4 Å². The summed E-state index contributed by atoms with van der Waals surface area (Å²) in [5.41, 5.74) is 4.27. The maximum Gasteiger partial charge on any atom is 0.316 e. The van der Waals surface area contributed by atoms with E-state index in [0.717, 1.165) is 32.3 Å². The maximum atomic E-state index is 14.3. The van der Waals surface area contributed by atoms with Crippen molar-refractivity contribution in [2.24, 2.45) is 0 Å². The quantitative estimate of drug-likeness (QED) is 0.450. The normalized spacial score (nSPS) is 11.1. The summed E-state index contributed by atoms with van der Waals surface area (Å²) in [4.78, 5) is 13.7. The highest BCUT2D eigenvalue weighted by Crippen LogP contribution is 2.34. The lowest BCUT2D eigenvalue weighted by atomic mass is 10.0. The summed E-state index contributed by atoms with van der Waals surface area (Å²) in [7, 11) is 0. The van der Waals surface area contributed by atoms with Crippen LogP contribution < -0.4 is 4.74 Å². The largest absolute Gasteiger partial charge is 0.456 e. The van der Waals surface area contributed by atoms with E-state index in [0.29, 0.717) is 18.1 Å². The Labute approximate surface area is 174 Å². The number of fused-ring (bicyclic) bond motifs is 1. The Hall–Kier alpha value is -3.72. The van der Waals surface area contributed by atoms with E-state index in [9.17, 15) is 4.39 Å². The molecule has 3 heterocycles. The molecule has 0 aliphatic rings. The van der Waals surface area contributed by atoms with Gasteiger partial charge in [-0.25, -0.2) is 19.3 Å². The molecule has 0 amide bonds. The van der Waals surface area contributed by atoms with E-state index in [2.05, 4.69) is 30.4 Å². The predicted octanol–water partition coefficient (Wildman–Crippen LogP) is 4.56. The summed E-state index contributed by atoms with van der Waals surface area (Å²) in [6.45, 7) is 2.26. The first-order chi connectivity index (χ1) is 14.7. The standard InChI is InChI=1S/C21H15FN6OS/c1-12-20(30-18(25-12)11-29-21-23-6-3-7-24-21)14-5-2-4-13(8-14)15-9-16(22)19-17(10-15)26-28-27-19/h2-10H,11H2,1H3,(H,26,27,28). The van der Waals surface area contributed by atoms with Gasteiger partial charge >= 0.3 is 6.01 Å². The van der Waals surface area contributed by atoms with E-state index in [-0.39, 0.29) is 5.52 Å². The maximum absolute atomic E-state index is 14.3. The van der Waals surface area contributed by atoms with Gasteiger partial charge in [-0.05, 0) is 47.9 Å². The monoisotopic (exact) mass is 418 g/mol. The van der Waals surface area contributed by atoms with E-state index < -0.39 is 5.82 Å². The van der Waals surface area contributed by atoms with Gasteiger partial charge in [0.1, 0.15) is 22.6 Å². The van der Waals surface area contributed by atoms with Crippen molar-refractivity contribution in [3.05, 3.63) is 71.4 Å². The number of benzene rings is 2. The fourth-order valence-corrected chi connectivity index (χ4v) is 4.16. The number of hydrogen-bond donors (Lipinski definition) is 1. The fourth-order valence-electron chi connectivity index (χ4n) is 3.18. The molecular formula is C21H15FN6OS. The minimum absolute atomic E-state index is 0.236. The third kappa shape index (κ3) is 3.50. The molecule has 0 unspecified atom stereocenters. The second kappa shape index (κ2) is 7.60. The molecule has 0 bridgehead atoms. The van der Waals surface area contributed by atoms with Crippen LogP contribution in [0.4, 0.5) is 4.39 Å². The smallest absolute Gasteiger partial charge is 0.316 e. The highest BCUT2D eigenvalue weighted by molar-refractivity contribution is 7.15. The number of aromatic amines is 1. The van der Waals surface area contributed by atoms with Crippen LogP contribution in [-0.2, 0) is 6.61 Å². The summed E-state index contributed by atoms with van der Waals surface area (Å²) in [6.07, 6.45) is 3.26. The van der Waals surface area contributed by atoms with E-state index in [1.807, 2.05) is 37.3 Å². The van der Waals surface area contributed by atoms with Crippen molar-refractivity contribution < 1.29 is 9.13 Å². The van der Waals surface area contributed by atoms with Gasteiger partial charge in [-0.15, -0.1) is 11.3 Å². The van der Waals surface area contributed by atoms with Crippen LogP contribution in [0.1, 0.15) is 10.7 Å². The molecule has 0 saturated heterocycles. The van der Waals surface area contributed by atoms with Crippen LogP contribution in [0.25, 0.3) is 32.6 Å². The molecule has 0 atom stereocenters. The third-order valence-electron chi connectivity index (χ3n) is 4.54. The van der Waals surface area contributed by atoms with E-state index in [1.165, 1.54) is 6.07 Å². The van der Waals surface area contributed by atoms with Crippen LogP contribution in [0.5, 0.6) is 6.01 Å². The highest BCUT2D eigenvalue weighted by Gasteiger charge is 2.13. The Balaban J connectivity index is 1.44. The summed E-state index contributed by atoms with van der Waals surface area (Å²) in [6, 6.07) is 13.3. The van der Waals surface area contributed by atoms with Crippen molar-refractivity contribution in [3.63, 3.8) is 0 Å². The molecule has 2 aromatic carbocycles. The number of aryl methyl sites for hydroxylation is 1. The number of nitrogens with one attached hydrogen (secondary N) is 1. The highest BCUT2D eigenvalue weighted by atomic mass is 32.1.